The minimum absolute atomic E-state index is 0.0581. The molecular weight excluding hydrogens is 565 g/mol. The fourth-order valence-electron chi connectivity index (χ4n) is 5.45. The number of nitrogens with zero attached hydrogens (tertiary/aromatic N) is 8. The van der Waals surface area contributed by atoms with Gasteiger partial charge in [0, 0.05) is 51.7 Å². The van der Waals surface area contributed by atoms with E-state index in [1.165, 1.54) is 6.20 Å². The zero-order chi connectivity index (χ0) is 30.5. The first-order valence-corrected chi connectivity index (χ1v) is 13.9. The third-order valence-electron chi connectivity index (χ3n) is 7.78. The van der Waals surface area contributed by atoms with Crippen LogP contribution in [0.15, 0.2) is 47.9 Å². The number of hydrogen-bond donors (Lipinski definition) is 3. The lowest BCUT2D eigenvalue weighted by molar-refractivity contribution is -0.136. The van der Waals surface area contributed by atoms with E-state index in [2.05, 4.69) is 30.9 Å². The topological polar surface area (TPSA) is 132 Å². The Kier molecular flexibility index (Phi) is 7.08. The summed E-state index contributed by atoms with van der Waals surface area (Å²) < 4.78 is 48.3. The van der Waals surface area contributed by atoms with E-state index in [9.17, 15) is 23.1 Å². The van der Waals surface area contributed by atoms with Crippen molar-refractivity contribution in [3.8, 4) is 28.5 Å². The van der Waals surface area contributed by atoms with Gasteiger partial charge in [-0.1, -0.05) is 0 Å². The summed E-state index contributed by atoms with van der Waals surface area (Å²) in [5, 5.41) is 29.1. The normalized spacial score (nSPS) is 14.8. The number of pyridine rings is 2. The fourth-order valence-corrected chi connectivity index (χ4v) is 5.45. The molecular formula is C28H31F3N10O2. The summed E-state index contributed by atoms with van der Waals surface area (Å²) in [7, 11) is 3.56. The first-order valence-electron chi connectivity index (χ1n) is 13.9. The van der Waals surface area contributed by atoms with Crippen LogP contribution in [0.25, 0.3) is 34.0 Å². The minimum atomic E-state index is -4.71. The molecule has 1 fully saturated rings. The van der Waals surface area contributed by atoms with Crippen LogP contribution in [0.1, 0.15) is 37.3 Å². The van der Waals surface area contributed by atoms with Crippen molar-refractivity contribution in [1.29, 1.82) is 0 Å². The number of rotatable bonds is 9. The molecule has 0 saturated heterocycles. The first kappa shape index (κ1) is 28.6. The van der Waals surface area contributed by atoms with Crippen LogP contribution < -0.4 is 16.3 Å². The zero-order valence-corrected chi connectivity index (χ0v) is 23.9. The Bertz CT molecular complexity index is 1860. The van der Waals surface area contributed by atoms with E-state index in [4.69, 9.17) is 0 Å². The lowest BCUT2D eigenvalue weighted by atomic mass is 9.80. The number of alkyl halides is 3. The highest BCUT2D eigenvalue weighted by Gasteiger charge is 2.36. The molecule has 5 heterocycles. The van der Waals surface area contributed by atoms with E-state index in [1.54, 1.807) is 48.0 Å². The van der Waals surface area contributed by atoms with Gasteiger partial charge in [-0.3, -0.25) is 13.6 Å². The summed E-state index contributed by atoms with van der Waals surface area (Å²) >= 11 is 0. The average molecular weight is 597 g/mol. The predicted molar refractivity (Wildman–Crippen MR) is 153 cm³/mol. The Morgan fingerprint density at radius 3 is 2.58 bits per heavy atom. The Labute approximate surface area is 243 Å². The highest BCUT2D eigenvalue weighted by molar-refractivity contribution is 5.79. The van der Waals surface area contributed by atoms with Gasteiger partial charge >= 0.3 is 11.9 Å². The number of nitrogens with one attached hydrogen (secondary N) is 2. The predicted octanol–water partition coefficient (Wildman–Crippen LogP) is 3.14. The summed E-state index contributed by atoms with van der Waals surface area (Å²) in [6.45, 7) is 2.73. The molecule has 5 aromatic heterocycles. The second-order valence-corrected chi connectivity index (χ2v) is 10.9. The zero-order valence-electron chi connectivity index (χ0n) is 23.9. The molecule has 15 heteroatoms. The highest BCUT2D eigenvalue weighted by Crippen LogP contribution is 2.35. The molecule has 0 aromatic carbocycles. The van der Waals surface area contributed by atoms with Crippen LogP contribution in [0.3, 0.4) is 0 Å². The van der Waals surface area contributed by atoms with Gasteiger partial charge in [0.1, 0.15) is 18.0 Å². The summed E-state index contributed by atoms with van der Waals surface area (Å²) in [5.41, 5.74) is -0.547. The van der Waals surface area contributed by atoms with Gasteiger partial charge < -0.3 is 20.3 Å². The van der Waals surface area contributed by atoms with Gasteiger partial charge in [0.25, 0.3) is 0 Å². The molecule has 1 aliphatic rings. The first-order chi connectivity index (χ1) is 20.5. The molecule has 0 amide bonds. The molecule has 1 aliphatic carbocycles. The van der Waals surface area contributed by atoms with E-state index in [-0.39, 0.29) is 30.0 Å². The van der Waals surface area contributed by atoms with Gasteiger partial charge in [0.15, 0.2) is 5.82 Å². The maximum absolute atomic E-state index is 14.3. The second-order valence-electron chi connectivity index (χ2n) is 10.9. The number of halogens is 3. The summed E-state index contributed by atoms with van der Waals surface area (Å²) in [6, 6.07) is 4.45. The fraction of sp³-hybridized carbons (Fsp3) is 0.393. The maximum Gasteiger partial charge on any atom is 0.418 e. The van der Waals surface area contributed by atoms with Crippen molar-refractivity contribution in [3.05, 3.63) is 64.7 Å². The molecule has 3 N–H and O–H groups in total. The molecule has 12 nitrogen and oxygen atoms in total. The van der Waals surface area contributed by atoms with Crippen molar-refractivity contribution in [2.24, 2.45) is 14.1 Å². The van der Waals surface area contributed by atoms with Crippen LogP contribution in [0.5, 0.6) is 0 Å². The molecule has 0 atom stereocenters. The number of imidazole rings is 1. The highest BCUT2D eigenvalue weighted by atomic mass is 19.4. The Morgan fingerprint density at radius 1 is 1.14 bits per heavy atom. The third-order valence-corrected chi connectivity index (χ3v) is 7.78. The SMILES string of the molecule is CCNc1cc(-c2c(-c3nncn3C)cnn2C)cc(-n2cc3c(C(F)(F)F)cc(CNCC4(O)CCC4)cn3c2=O)n1. The van der Waals surface area contributed by atoms with Crippen LogP contribution in [-0.4, -0.2) is 62.3 Å². The maximum atomic E-state index is 14.3. The van der Waals surface area contributed by atoms with Gasteiger partial charge in [0.2, 0.25) is 0 Å². The monoisotopic (exact) mass is 596 g/mol. The second kappa shape index (κ2) is 10.6. The number of anilines is 1. The number of aliphatic hydroxyl groups is 1. The largest absolute Gasteiger partial charge is 0.418 e. The van der Waals surface area contributed by atoms with Crippen molar-refractivity contribution in [3.63, 3.8) is 0 Å². The van der Waals surface area contributed by atoms with E-state index in [1.807, 2.05) is 6.92 Å². The van der Waals surface area contributed by atoms with Gasteiger partial charge in [0.05, 0.1) is 34.1 Å². The van der Waals surface area contributed by atoms with Crippen molar-refractivity contribution in [2.75, 3.05) is 18.4 Å². The summed E-state index contributed by atoms with van der Waals surface area (Å²) in [4.78, 5) is 18.2. The Morgan fingerprint density at radius 2 is 1.93 bits per heavy atom. The van der Waals surface area contributed by atoms with Crippen LogP contribution in [0.2, 0.25) is 0 Å². The van der Waals surface area contributed by atoms with Crippen molar-refractivity contribution in [2.45, 2.75) is 44.5 Å². The van der Waals surface area contributed by atoms with Crippen molar-refractivity contribution in [1.82, 2.24) is 43.8 Å². The van der Waals surface area contributed by atoms with Gasteiger partial charge in [-0.05, 0) is 49.9 Å². The van der Waals surface area contributed by atoms with Crippen molar-refractivity contribution < 1.29 is 18.3 Å². The van der Waals surface area contributed by atoms with Crippen molar-refractivity contribution >= 4 is 11.3 Å². The van der Waals surface area contributed by atoms with Crippen LogP contribution >= 0.6 is 0 Å². The molecule has 5 aromatic rings. The van der Waals surface area contributed by atoms with E-state index < -0.39 is 23.0 Å². The molecule has 0 radical (unpaired) electrons. The number of aromatic nitrogens is 8. The molecule has 1 saturated carbocycles. The van der Waals surface area contributed by atoms with E-state index in [0.29, 0.717) is 47.8 Å². The Balaban J connectivity index is 1.47. The van der Waals surface area contributed by atoms with Gasteiger partial charge in [-0.25, -0.2) is 9.78 Å². The van der Waals surface area contributed by atoms with Crippen LogP contribution in [-0.2, 0) is 26.8 Å². The summed E-state index contributed by atoms with van der Waals surface area (Å²) in [6.07, 6.45) is 3.27. The molecule has 0 unspecified atom stereocenters. The van der Waals surface area contributed by atoms with Crippen LogP contribution in [0.4, 0.5) is 19.0 Å². The smallest absolute Gasteiger partial charge is 0.389 e. The van der Waals surface area contributed by atoms with E-state index >= 15 is 0 Å². The quantitative estimate of drug-likeness (QED) is 0.237. The molecule has 226 valence electrons. The average Bonchev–Trinajstić information content (AvgIpc) is 3.63. The lowest BCUT2D eigenvalue weighted by Gasteiger charge is -2.36. The molecule has 43 heavy (non-hydrogen) atoms. The molecule has 0 bridgehead atoms. The lowest BCUT2D eigenvalue weighted by Crippen LogP contribution is -2.46. The third kappa shape index (κ3) is 5.29. The molecule has 6 rings (SSSR count). The van der Waals surface area contributed by atoms with Gasteiger partial charge in [-0.15, -0.1) is 10.2 Å². The standard InChI is InChI=1S/C28H31F3N10O2/c1-4-33-22-9-18(24-19(12-35-39(24)3)25-37-34-16-38(25)2)10-23(36-22)41-14-21-20(28(29,30)31)8-17(13-40(21)26(41)42)11-32-15-27(43)6-5-7-27/h8-10,12-14,16,32,43H,4-7,11,15H2,1-3H3,(H,33,36). The van der Waals surface area contributed by atoms with Gasteiger partial charge in [-0.2, -0.15) is 18.3 Å². The summed E-state index contributed by atoms with van der Waals surface area (Å²) in [5.74, 6) is 1.13. The molecule has 0 aliphatic heterocycles. The Hall–Kier alpha value is -4.50. The number of fused-ring (bicyclic) bond motifs is 1. The van der Waals surface area contributed by atoms with E-state index in [0.717, 1.165) is 27.7 Å². The number of aryl methyl sites for hydroxylation is 2. The minimum Gasteiger partial charge on any atom is -0.389 e. The molecule has 0 spiro atoms. The number of hydrogen-bond acceptors (Lipinski definition) is 8. The van der Waals surface area contributed by atoms with Crippen LogP contribution in [0, 0.1) is 0 Å².